The minimum Gasteiger partial charge on any atom is -0.495 e. The molecule has 4 rings (SSSR count). The van der Waals surface area contributed by atoms with Gasteiger partial charge in [-0.2, -0.15) is 0 Å². The molecule has 0 aliphatic carbocycles. The molecule has 3 aromatic carbocycles. The van der Waals surface area contributed by atoms with Crippen molar-refractivity contribution in [3.8, 4) is 5.75 Å². The molecule has 1 aromatic heterocycles. The summed E-state index contributed by atoms with van der Waals surface area (Å²) in [6.45, 7) is 1.73. The topological polar surface area (TPSA) is 92.3 Å². The van der Waals surface area contributed by atoms with Gasteiger partial charge in [0.25, 0.3) is 5.91 Å². The number of anilines is 3. The van der Waals surface area contributed by atoms with Crippen LogP contribution in [0.15, 0.2) is 66.7 Å². The van der Waals surface area contributed by atoms with Crippen LogP contribution in [-0.4, -0.2) is 24.0 Å². The zero-order valence-corrected chi connectivity index (χ0v) is 17.7. The number of ether oxygens (including phenoxy) is 1. The Morgan fingerprint density at radius 2 is 1.58 bits per heavy atom. The van der Waals surface area contributed by atoms with Gasteiger partial charge < -0.3 is 15.4 Å². The van der Waals surface area contributed by atoms with Crippen LogP contribution < -0.4 is 20.7 Å². The first-order chi connectivity index (χ1) is 15.0. The zero-order valence-electron chi connectivity index (χ0n) is 16.9. The molecule has 3 amide bonds. The average Bonchev–Trinajstić information content (AvgIpc) is 3.14. The molecule has 4 aromatic rings. The molecule has 0 radical (unpaired) electrons. The molecule has 0 unspecified atom stereocenters. The molecule has 7 nitrogen and oxygen atoms in total. The second kappa shape index (κ2) is 8.85. The van der Waals surface area contributed by atoms with Crippen molar-refractivity contribution in [2.75, 3.05) is 23.1 Å². The van der Waals surface area contributed by atoms with Crippen LogP contribution in [0.1, 0.15) is 15.4 Å². The number of methoxy groups -OCH3 is 1. The highest BCUT2D eigenvalue weighted by Crippen LogP contribution is 2.28. The summed E-state index contributed by atoms with van der Waals surface area (Å²) < 4.78 is 5.23. The molecule has 3 N–H and O–H groups in total. The Morgan fingerprint density at radius 1 is 0.871 bits per heavy atom. The Labute approximate surface area is 183 Å². The van der Waals surface area contributed by atoms with Crippen LogP contribution in [-0.2, 0) is 0 Å². The summed E-state index contributed by atoms with van der Waals surface area (Å²) >= 11 is 1.11. The number of para-hydroxylation sites is 2. The third-order valence-electron chi connectivity index (χ3n) is 4.62. The first-order valence-corrected chi connectivity index (χ1v) is 10.3. The number of nitrogens with zero attached hydrogens (tertiary/aromatic N) is 1. The Kier molecular flexibility index (Phi) is 5.81. The third kappa shape index (κ3) is 4.49. The van der Waals surface area contributed by atoms with Crippen molar-refractivity contribution < 1.29 is 14.3 Å². The molecule has 0 fully saturated rings. The molecule has 31 heavy (non-hydrogen) atoms. The highest BCUT2D eigenvalue weighted by Gasteiger charge is 2.18. The molecule has 0 saturated heterocycles. The molecule has 0 aliphatic heterocycles. The second-order valence-electron chi connectivity index (χ2n) is 6.69. The van der Waals surface area contributed by atoms with Crippen LogP contribution in [0, 0.1) is 6.92 Å². The van der Waals surface area contributed by atoms with E-state index in [1.165, 1.54) is 7.11 Å². The molecule has 156 valence electrons. The van der Waals surface area contributed by atoms with Crippen molar-refractivity contribution in [2.45, 2.75) is 6.92 Å². The van der Waals surface area contributed by atoms with Gasteiger partial charge in [0.15, 0.2) is 5.13 Å². The van der Waals surface area contributed by atoms with Gasteiger partial charge in [-0.1, -0.05) is 59.9 Å². The number of amides is 3. The van der Waals surface area contributed by atoms with Crippen molar-refractivity contribution in [2.24, 2.45) is 0 Å². The number of urea groups is 1. The first kappa shape index (κ1) is 20.4. The van der Waals surface area contributed by atoms with E-state index in [0.717, 1.165) is 27.8 Å². The van der Waals surface area contributed by atoms with Crippen LogP contribution in [0.4, 0.5) is 21.3 Å². The molecule has 0 saturated carbocycles. The van der Waals surface area contributed by atoms with Crippen LogP contribution in [0.3, 0.4) is 0 Å². The summed E-state index contributed by atoms with van der Waals surface area (Å²) in [4.78, 5) is 30.0. The third-order valence-corrected chi connectivity index (χ3v) is 5.69. The fraction of sp³-hybridized carbons (Fsp3) is 0.0870. The summed E-state index contributed by atoms with van der Waals surface area (Å²) in [7, 11) is 1.53. The van der Waals surface area contributed by atoms with Gasteiger partial charge in [-0.05, 0) is 30.5 Å². The van der Waals surface area contributed by atoms with Gasteiger partial charge in [-0.3, -0.25) is 10.1 Å². The van der Waals surface area contributed by atoms with Gasteiger partial charge in [0.1, 0.15) is 10.6 Å². The van der Waals surface area contributed by atoms with E-state index in [4.69, 9.17) is 4.74 Å². The largest absolute Gasteiger partial charge is 0.495 e. The number of rotatable bonds is 5. The van der Waals surface area contributed by atoms with E-state index in [9.17, 15) is 9.59 Å². The first-order valence-electron chi connectivity index (χ1n) is 9.52. The van der Waals surface area contributed by atoms with Gasteiger partial charge >= 0.3 is 6.03 Å². The fourth-order valence-corrected chi connectivity index (χ4v) is 4.03. The zero-order chi connectivity index (χ0) is 21.8. The maximum absolute atomic E-state index is 12.9. The van der Waals surface area contributed by atoms with Crippen LogP contribution in [0.25, 0.3) is 10.8 Å². The fourth-order valence-electron chi connectivity index (χ4n) is 3.17. The van der Waals surface area contributed by atoms with Gasteiger partial charge in [-0.15, -0.1) is 0 Å². The highest BCUT2D eigenvalue weighted by atomic mass is 32.1. The van der Waals surface area contributed by atoms with Crippen molar-refractivity contribution >= 4 is 50.6 Å². The van der Waals surface area contributed by atoms with E-state index < -0.39 is 6.03 Å². The number of thiazole rings is 1. The van der Waals surface area contributed by atoms with Gasteiger partial charge in [-0.25, -0.2) is 9.78 Å². The number of aryl methyl sites for hydroxylation is 1. The molecule has 0 bridgehead atoms. The number of fused-ring (bicyclic) bond motifs is 1. The minimum absolute atomic E-state index is 0.274. The van der Waals surface area contributed by atoms with E-state index in [1.807, 2.05) is 48.5 Å². The summed E-state index contributed by atoms with van der Waals surface area (Å²) in [5.74, 6) is 0.271. The number of hydrogen-bond acceptors (Lipinski definition) is 5. The lowest BCUT2D eigenvalue weighted by molar-refractivity contribution is 0.103. The summed E-state index contributed by atoms with van der Waals surface area (Å²) in [6, 6.07) is 20.2. The molecule has 0 atom stereocenters. The number of hydrogen-bond donors (Lipinski definition) is 3. The molecule has 8 heteroatoms. The van der Waals surface area contributed by atoms with Crippen LogP contribution >= 0.6 is 11.3 Å². The molecule has 1 heterocycles. The molecule has 0 spiro atoms. The Hall–Kier alpha value is -3.91. The standard InChI is InChI=1S/C23H20N4O3S/c1-14-20(21(28)25-17-12-7-9-15-8-3-4-10-16(15)17)31-23(24-14)27-22(29)26-18-11-5-6-13-19(18)30-2/h3-13H,1-2H3,(H,25,28)(H2,24,26,27,29). The lowest BCUT2D eigenvalue weighted by Gasteiger charge is -2.09. The number of nitrogens with one attached hydrogen (secondary N) is 3. The Morgan fingerprint density at radius 3 is 2.42 bits per heavy atom. The highest BCUT2D eigenvalue weighted by molar-refractivity contribution is 7.17. The SMILES string of the molecule is COc1ccccc1NC(=O)Nc1nc(C)c(C(=O)Nc2cccc3ccccc23)s1. The normalized spacial score (nSPS) is 10.5. The molecule has 0 aliphatic rings. The smallest absolute Gasteiger partial charge is 0.325 e. The van der Waals surface area contributed by atoms with Crippen molar-refractivity contribution in [1.82, 2.24) is 4.98 Å². The Bertz CT molecular complexity index is 1260. The number of carbonyl (C=O) groups excluding carboxylic acids is 2. The summed E-state index contributed by atoms with van der Waals surface area (Å²) in [6.07, 6.45) is 0. The average molecular weight is 433 g/mol. The van der Waals surface area contributed by atoms with Gasteiger partial charge in [0.05, 0.1) is 18.5 Å². The maximum atomic E-state index is 12.9. The van der Waals surface area contributed by atoms with E-state index in [2.05, 4.69) is 20.9 Å². The Balaban J connectivity index is 1.48. The van der Waals surface area contributed by atoms with Crippen molar-refractivity contribution in [3.63, 3.8) is 0 Å². The van der Waals surface area contributed by atoms with E-state index >= 15 is 0 Å². The quantitative estimate of drug-likeness (QED) is 0.388. The monoisotopic (exact) mass is 432 g/mol. The van der Waals surface area contributed by atoms with Gasteiger partial charge in [0, 0.05) is 11.1 Å². The van der Waals surface area contributed by atoms with Crippen molar-refractivity contribution in [3.05, 3.63) is 77.3 Å². The summed E-state index contributed by atoms with van der Waals surface area (Å²) in [5, 5.41) is 10.7. The predicted octanol–water partition coefficient (Wildman–Crippen LogP) is 5.51. The molecular weight excluding hydrogens is 412 g/mol. The number of benzene rings is 3. The lowest BCUT2D eigenvalue weighted by Crippen LogP contribution is -2.19. The minimum atomic E-state index is -0.473. The van der Waals surface area contributed by atoms with Crippen LogP contribution in [0.2, 0.25) is 0 Å². The van der Waals surface area contributed by atoms with Crippen molar-refractivity contribution in [1.29, 1.82) is 0 Å². The van der Waals surface area contributed by atoms with E-state index in [-0.39, 0.29) is 5.91 Å². The van der Waals surface area contributed by atoms with E-state index in [1.54, 1.807) is 25.1 Å². The van der Waals surface area contributed by atoms with Gasteiger partial charge in [0.2, 0.25) is 0 Å². The number of aromatic nitrogens is 1. The predicted molar refractivity (Wildman–Crippen MR) is 124 cm³/mol. The summed E-state index contributed by atoms with van der Waals surface area (Å²) in [5.41, 5.74) is 1.79. The lowest BCUT2D eigenvalue weighted by atomic mass is 10.1. The number of carbonyl (C=O) groups is 2. The van der Waals surface area contributed by atoms with Crippen LogP contribution in [0.5, 0.6) is 5.75 Å². The maximum Gasteiger partial charge on any atom is 0.325 e. The molecular formula is C23H20N4O3S. The van der Waals surface area contributed by atoms with E-state index in [0.29, 0.717) is 27.1 Å². The second-order valence-corrected chi connectivity index (χ2v) is 7.69.